The topological polar surface area (TPSA) is 45.9 Å². The molecule has 96 valence electrons. The molecule has 0 saturated carbocycles. The van der Waals surface area contributed by atoms with Crippen molar-refractivity contribution in [2.24, 2.45) is 0 Å². The van der Waals surface area contributed by atoms with Crippen LogP contribution in [0.1, 0.15) is 11.3 Å². The Balaban J connectivity index is 2.22. The molecule has 0 atom stereocenters. The summed E-state index contributed by atoms with van der Waals surface area (Å²) in [4.78, 5) is 4.00. The summed E-state index contributed by atoms with van der Waals surface area (Å²) in [6.07, 6.45) is 0. The Kier molecular flexibility index (Phi) is 4.20. The molecule has 2 rings (SSSR count). The molecule has 0 fully saturated rings. The smallest absolute Gasteiger partial charge is 0.144 e. The van der Waals surface area contributed by atoms with E-state index >= 15 is 0 Å². The third-order valence-corrected chi connectivity index (χ3v) is 2.89. The summed E-state index contributed by atoms with van der Waals surface area (Å²) in [6, 6.07) is 9.04. The van der Waals surface area contributed by atoms with Crippen molar-refractivity contribution < 1.29 is 9.13 Å². The van der Waals surface area contributed by atoms with E-state index in [4.69, 9.17) is 33.2 Å². The zero-order valence-electron chi connectivity index (χ0n) is 9.53. The van der Waals surface area contributed by atoms with Crippen LogP contribution >= 0.6 is 23.2 Å². The Morgan fingerprint density at radius 1 is 1.26 bits per heavy atom. The van der Waals surface area contributed by atoms with Crippen molar-refractivity contribution in [1.29, 1.82) is 5.26 Å². The Labute approximate surface area is 119 Å². The SMILES string of the molecule is N#Cc1c(F)cccc1OCc1nc(Cl)ccc1Cl. The molecule has 0 unspecified atom stereocenters. The number of hydrogen-bond acceptors (Lipinski definition) is 3. The summed E-state index contributed by atoms with van der Waals surface area (Å²) < 4.78 is 18.7. The first-order chi connectivity index (χ1) is 9.11. The highest BCUT2D eigenvalue weighted by Crippen LogP contribution is 2.23. The van der Waals surface area contributed by atoms with Gasteiger partial charge in [0.05, 0.1) is 10.7 Å². The molecule has 0 N–H and O–H groups in total. The number of rotatable bonds is 3. The van der Waals surface area contributed by atoms with Gasteiger partial charge in [-0.15, -0.1) is 0 Å². The van der Waals surface area contributed by atoms with E-state index in [-0.39, 0.29) is 23.1 Å². The molecule has 0 spiro atoms. The van der Waals surface area contributed by atoms with E-state index < -0.39 is 5.82 Å². The fraction of sp³-hybridized carbons (Fsp3) is 0.0769. The Bertz CT molecular complexity index is 656. The number of halogens is 3. The predicted octanol–water partition coefficient (Wildman–Crippen LogP) is 3.98. The maximum absolute atomic E-state index is 13.4. The summed E-state index contributed by atoms with van der Waals surface area (Å²) in [6.45, 7) is -0.00245. The second-order valence-corrected chi connectivity index (χ2v) is 4.37. The Hall–Kier alpha value is -1.83. The van der Waals surface area contributed by atoms with E-state index in [2.05, 4.69) is 4.98 Å². The van der Waals surface area contributed by atoms with Crippen molar-refractivity contribution in [3.05, 3.63) is 57.6 Å². The number of ether oxygens (including phenoxy) is 1. The molecule has 0 bridgehead atoms. The fourth-order valence-electron chi connectivity index (χ4n) is 1.44. The molecular formula is C13H7Cl2FN2O. The highest BCUT2D eigenvalue weighted by atomic mass is 35.5. The monoisotopic (exact) mass is 296 g/mol. The molecule has 0 aliphatic carbocycles. The lowest BCUT2D eigenvalue weighted by molar-refractivity contribution is 0.299. The zero-order valence-corrected chi connectivity index (χ0v) is 11.0. The minimum atomic E-state index is -0.634. The molecule has 3 nitrogen and oxygen atoms in total. The summed E-state index contributed by atoms with van der Waals surface area (Å²) in [7, 11) is 0. The van der Waals surface area contributed by atoms with Gasteiger partial charge in [-0.1, -0.05) is 29.3 Å². The Morgan fingerprint density at radius 3 is 2.79 bits per heavy atom. The van der Waals surface area contributed by atoms with Crippen molar-refractivity contribution in [3.8, 4) is 11.8 Å². The van der Waals surface area contributed by atoms with Gasteiger partial charge in [-0.05, 0) is 24.3 Å². The van der Waals surface area contributed by atoms with Gasteiger partial charge in [-0.25, -0.2) is 9.37 Å². The lowest BCUT2D eigenvalue weighted by Crippen LogP contribution is -2.01. The van der Waals surface area contributed by atoms with Crippen LogP contribution in [0.4, 0.5) is 4.39 Å². The lowest BCUT2D eigenvalue weighted by Gasteiger charge is -2.09. The number of nitriles is 1. The van der Waals surface area contributed by atoms with Crippen LogP contribution in [0.15, 0.2) is 30.3 Å². The van der Waals surface area contributed by atoms with Crippen molar-refractivity contribution in [3.63, 3.8) is 0 Å². The maximum atomic E-state index is 13.4. The maximum Gasteiger partial charge on any atom is 0.144 e. The molecule has 0 amide bonds. The zero-order chi connectivity index (χ0) is 13.8. The van der Waals surface area contributed by atoms with Crippen LogP contribution in [-0.4, -0.2) is 4.98 Å². The quantitative estimate of drug-likeness (QED) is 0.805. The van der Waals surface area contributed by atoms with Crippen LogP contribution in [0, 0.1) is 17.1 Å². The number of aromatic nitrogens is 1. The van der Waals surface area contributed by atoms with Gasteiger partial charge in [0.25, 0.3) is 0 Å². The molecule has 0 radical (unpaired) electrons. The van der Waals surface area contributed by atoms with Crippen LogP contribution in [0.2, 0.25) is 10.2 Å². The van der Waals surface area contributed by atoms with Crippen LogP contribution in [0.25, 0.3) is 0 Å². The molecule has 19 heavy (non-hydrogen) atoms. The molecule has 1 heterocycles. The van der Waals surface area contributed by atoms with Crippen molar-refractivity contribution >= 4 is 23.2 Å². The van der Waals surface area contributed by atoms with E-state index in [9.17, 15) is 4.39 Å². The fourth-order valence-corrected chi connectivity index (χ4v) is 1.76. The highest BCUT2D eigenvalue weighted by Gasteiger charge is 2.10. The summed E-state index contributed by atoms with van der Waals surface area (Å²) >= 11 is 11.7. The number of hydrogen-bond donors (Lipinski definition) is 0. The van der Waals surface area contributed by atoms with Crippen molar-refractivity contribution in [1.82, 2.24) is 4.98 Å². The van der Waals surface area contributed by atoms with Crippen molar-refractivity contribution in [2.45, 2.75) is 6.61 Å². The third-order valence-electron chi connectivity index (χ3n) is 2.34. The van der Waals surface area contributed by atoms with E-state index in [0.717, 1.165) is 0 Å². The van der Waals surface area contributed by atoms with Gasteiger partial charge in [0, 0.05) is 0 Å². The first-order valence-corrected chi connectivity index (χ1v) is 5.99. The van der Waals surface area contributed by atoms with Gasteiger partial charge in [-0.2, -0.15) is 5.26 Å². The molecule has 2 aromatic rings. The first-order valence-electron chi connectivity index (χ1n) is 5.24. The summed E-state index contributed by atoms with van der Waals surface area (Å²) in [5.74, 6) is -0.495. The third kappa shape index (κ3) is 3.14. The lowest BCUT2D eigenvalue weighted by atomic mass is 10.2. The first kappa shape index (κ1) is 13.6. The molecule has 0 aliphatic rings. The summed E-state index contributed by atoms with van der Waals surface area (Å²) in [5.41, 5.74) is 0.267. The van der Waals surface area contributed by atoms with E-state index in [1.165, 1.54) is 18.2 Å². The van der Waals surface area contributed by atoms with E-state index in [1.807, 2.05) is 0 Å². The van der Waals surface area contributed by atoms with Crippen LogP contribution in [0.5, 0.6) is 5.75 Å². The normalized spacial score (nSPS) is 10.0. The van der Waals surface area contributed by atoms with Crippen molar-refractivity contribution in [2.75, 3.05) is 0 Å². The number of nitrogens with zero attached hydrogens (tertiary/aromatic N) is 2. The molecule has 6 heteroatoms. The molecule has 0 aliphatic heterocycles. The van der Waals surface area contributed by atoms with Gasteiger partial charge in [0.2, 0.25) is 0 Å². The van der Waals surface area contributed by atoms with E-state index in [0.29, 0.717) is 10.7 Å². The number of benzene rings is 1. The highest BCUT2D eigenvalue weighted by molar-refractivity contribution is 6.32. The molecule has 1 aromatic carbocycles. The average Bonchev–Trinajstić information content (AvgIpc) is 2.40. The van der Waals surface area contributed by atoms with Crippen LogP contribution < -0.4 is 4.74 Å². The standard InChI is InChI=1S/C13H7Cl2FN2O/c14-9-4-5-13(15)18-11(9)7-19-12-3-1-2-10(16)8(12)6-17/h1-5H,7H2. The van der Waals surface area contributed by atoms with Gasteiger partial charge in [0.1, 0.15) is 35.0 Å². The van der Waals surface area contributed by atoms with Gasteiger partial charge in [-0.3, -0.25) is 0 Å². The number of pyridine rings is 1. The van der Waals surface area contributed by atoms with Gasteiger partial charge in [0.15, 0.2) is 0 Å². The second kappa shape index (κ2) is 5.87. The van der Waals surface area contributed by atoms with Crippen LogP contribution in [0.3, 0.4) is 0 Å². The second-order valence-electron chi connectivity index (χ2n) is 3.58. The minimum Gasteiger partial charge on any atom is -0.486 e. The predicted molar refractivity (Wildman–Crippen MR) is 69.7 cm³/mol. The minimum absolute atomic E-state index is 0.00245. The summed E-state index contributed by atoms with van der Waals surface area (Å²) in [5, 5.41) is 9.53. The molecular weight excluding hydrogens is 290 g/mol. The Morgan fingerprint density at radius 2 is 2.05 bits per heavy atom. The molecule has 1 aromatic heterocycles. The largest absolute Gasteiger partial charge is 0.486 e. The average molecular weight is 297 g/mol. The van der Waals surface area contributed by atoms with Crippen LogP contribution in [-0.2, 0) is 6.61 Å². The van der Waals surface area contributed by atoms with Gasteiger partial charge >= 0.3 is 0 Å². The molecule has 0 saturated heterocycles. The van der Waals surface area contributed by atoms with E-state index in [1.54, 1.807) is 18.2 Å². The van der Waals surface area contributed by atoms with Gasteiger partial charge < -0.3 is 4.74 Å².